The lowest BCUT2D eigenvalue weighted by atomic mass is 10.2. The lowest BCUT2D eigenvalue weighted by Gasteiger charge is -2.14. The van der Waals surface area contributed by atoms with Gasteiger partial charge in [0, 0.05) is 11.8 Å². The molecule has 1 atom stereocenters. The van der Waals surface area contributed by atoms with Gasteiger partial charge in [-0.15, -0.1) is 0 Å². The van der Waals surface area contributed by atoms with Gasteiger partial charge in [-0.05, 0) is 25.5 Å². The van der Waals surface area contributed by atoms with E-state index in [9.17, 15) is 9.59 Å². The minimum Gasteiger partial charge on any atom is -0.324 e. The number of anilines is 1. The maximum Gasteiger partial charge on any atom is 0.251 e. The number of para-hydroxylation sites is 1. The molecule has 0 spiro atoms. The van der Waals surface area contributed by atoms with Gasteiger partial charge in [0.25, 0.3) is 5.56 Å². The molecule has 1 unspecified atom stereocenters. The van der Waals surface area contributed by atoms with Gasteiger partial charge in [0.2, 0.25) is 5.91 Å². The molecule has 0 aliphatic carbocycles. The van der Waals surface area contributed by atoms with Crippen LogP contribution in [0.25, 0.3) is 0 Å². The Kier molecular flexibility index (Phi) is 5.63. The molecule has 2 rings (SSSR count). The first-order chi connectivity index (χ1) is 10.5. The van der Waals surface area contributed by atoms with Gasteiger partial charge < -0.3 is 10.3 Å². The molecule has 7 heteroatoms. The minimum atomic E-state index is -0.374. The summed E-state index contributed by atoms with van der Waals surface area (Å²) in [7, 11) is 0. The molecule has 22 heavy (non-hydrogen) atoms. The van der Waals surface area contributed by atoms with Crippen LogP contribution in [0.3, 0.4) is 0 Å². The van der Waals surface area contributed by atoms with Gasteiger partial charge in [-0.1, -0.05) is 42.4 Å². The summed E-state index contributed by atoms with van der Waals surface area (Å²) >= 11 is 7.27. The second kappa shape index (κ2) is 7.47. The Morgan fingerprint density at radius 1 is 1.45 bits per heavy atom. The number of rotatable bonds is 5. The van der Waals surface area contributed by atoms with Crippen molar-refractivity contribution in [1.29, 1.82) is 0 Å². The van der Waals surface area contributed by atoms with Crippen LogP contribution in [0, 0.1) is 6.92 Å². The van der Waals surface area contributed by atoms with Crippen molar-refractivity contribution < 1.29 is 4.79 Å². The number of amides is 1. The smallest absolute Gasteiger partial charge is 0.251 e. The quantitative estimate of drug-likeness (QED) is 0.648. The molecule has 1 aromatic heterocycles. The lowest BCUT2D eigenvalue weighted by molar-refractivity contribution is -0.115. The summed E-state index contributed by atoms with van der Waals surface area (Å²) in [5, 5.41) is 3.35. The number of aromatic nitrogens is 2. The van der Waals surface area contributed by atoms with Crippen LogP contribution in [0.4, 0.5) is 5.69 Å². The normalized spacial score (nSPS) is 12.0. The van der Waals surface area contributed by atoms with Crippen LogP contribution >= 0.6 is 23.4 Å². The first-order valence-electron chi connectivity index (χ1n) is 6.79. The van der Waals surface area contributed by atoms with Crippen molar-refractivity contribution in [3.63, 3.8) is 0 Å². The summed E-state index contributed by atoms with van der Waals surface area (Å²) in [6.45, 7) is 3.64. The first kappa shape index (κ1) is 16.6. The van der Waals surface area contributed by atoms with Crippen molar-refractivity contribution >= 4 is 35.0 Å². The number of hydrogen-bond donors (Lipinski definition) is 2. The first-order valence-corrected chi connectivity index (χ1v) is 8.05. The summed E-state index contributed by atoms with van der Waals surface area (Å²) in [5.74, 6) is -0.176. The fraction of sp³-hybridized carbons (Fsp3) is 0.267. The number of carbonyl (C=O) groups is 1. The van der Waals surface area contributed by atoms with Gasteiger partial charge in [-0.2, -0.15) is 0 Å². The third-order valence-corrected chi connectivity index (χ3v) is 4.47. The number of benzene rings is 1. The Hall–Kier alpha value is -1.79. The molecule has 0 bridgehead atoms. The molecule has 0 saturated carbocycles. The van der Waals surface area contributed by atoms with E-state index in [-0.39, 0.29) is 16.7 Å². The van der Waals surface area contributed by atoms with E-state index in [0.29, 0.717) is 28.0 Å². The molecule has 2 N–H and O–H groups in total. The van der Waals surface area contributed by atoms with Gasteiger partial charge in [0.1, 0.15) is 0 Å². The SMILES string of the molecule is CCC(Sc1nc(C)cc(=O)[nH]1)C(=O)Nc1ccccc1Cl. The number of aromatic amines is 1. The van der Waals surface area contributed by atoms with Crippen LogP contribution in [-0.2, 0) is 4.79 Å². The molecule has 0 radical (unpaired) electrons. The van der Waals surface area contributed by atoms with Gasteiger partial charge in [0.05, 0.1) is 16.0 Å². The van der Waals surface area contributed by atoms with Gasteiger partial charge in [-0.3, -0.25) is 9.59 Å². The highest BCUT2D eigenvalue weighted by atomic mass is 35.5. The number of thioether (sulfide) groups is 1. The second-order valence-electron chi connectivity index (χ2n) is 4.68. The Bertz CT molecular complexity index is 733. The predicted molar refractivity (Wildman–Crippen MR) is 89.6 cm³/mol. The van der Waals surface area contributed by atoms with Crippen molar-refractivity contribution in [1.82, 2.24) is 9.97 Å². The maximum atomic E-state index is 12.4. The number of carbonyl (C=O) groups excluding carboxylic acids is 1. The van der Waals surface area contributed by atoms with E-state index in [1.165, 1.54) is 17.8 Å². The molecular formula is C15H16ClN3O2S. The average Bonchev–Trinajstić information content (AvgIpc) is 2.46. The van der Waals surface area contributed by atoms with Crippen LogP contribution in [-0.4, -0.2) is 21.1 Å². The highest BCUT2D eigenvalue weighted by Gasteiger charge is 2.20. The highest BCUT2D eigenvalue weighted by Crippen LogP contribution is 2.25. The fourth-order valence-corrected chi connectivity index (χ4v) is 2.98. The predicted octanol–water partition coefficient (Wildman–Crippen LogP) is 3.24. The van der Waals surface area contributed by atoms with Crippen LogP contribution in [0.15, 0.2) is 40.3 Å². The van der Waals surface area contributed by atoms with Gasteiger partial charge >= 0.3 is 0 Å². The van der Waals surface area contributed by atoms with Crippen molar-refractivity contribution in [2.24, 2.45) is 0 Å². The third kappa shape index (κ3) is 4.35. The molecule has 1 amide bonds. The molecule has 5 nitrogen and oxygen atoms in total. The average molecular weight is 338 g/mol. The van der Waals surface area contributed by atoms with E-state index in [4.69, 9.17) is 11.6 Å². The zero-order valence-electron chi connectivity index (χ0n) is 12.2. The number of nitrogens with zero attached hydrogens (tertiary/aromatic N) is 1. The molecule has 1 aromatic carbocycles. The fourth-order valence-electron chi connectivity index (χ4n) is 1.84. The van der Waals surface area contributed by atoms with E-state index in [0.717, 1.165) is 0 Å². The minimum absolute atomic E-state index is 0.176. The summed E-state index contributed by atoms with van der Waals surface area (Å²) in [6, 6.07) is 8.46. The maximum absolute atomic E-state index is 12.4. The molecule has 116 valence electrons. The second-order valence-corrected chi connectivity index (χ2v) is 6.27. The van der Waals surface area contributed by atoms with E-state index in [1.54, 1.807) is 31.2 Å². The van der Waals surface area contributed by atoms with Crippen LogP contribution in [0.5, 0.6) is 0 Å². The van der Waals surface area contributed by atoms with Crippen LogP contribution in [0.1, 0.15) is 19.0 Å². The molecule has 2 aromatic rings. The van der Waals surface area contributed by atoms with Crippen molar-refractivity contribution in [3.05, 3.63) is 51.4 Å². The molecule has 0 fully saturated rings. The van der Waals surface area contributed by atoms with Crippen molar-refractivity contribution in [2.45, 2.75) is 30.7 Å². The number of H-pyrrole nitrogens is 1. The molecule has 0 aliphatic heterocycles. The van der Waals surface area contributed by atoms with Gasteiger partial charge in [-0.25, -0.2) is 4.98 Å². The monoisotopic (exact) mass is 337 g/mol. The Morgan fingerprint density at radius 3 is 2.82 bits per heavy atom. The Labute approximate surface area is 137 Å². The van der Waals surface area contributed by atoms with Crippen molar-refractivity contribution in [2.75, 3.05) is 5.32 Å². The molecule has 0 aliphatic rings. The summed E-state index contributed by atoms with van der Waals surface area (Å²) < 4.78 is 0. The number of hydrogen-bond acceptors (Lipinski definition) is 4. The summed E-state index contributed by atoms with van der Waals surface area (Å²) in [4.78, 5) is 30.7. The van der Waals surface area contributed by atoms with E-state index in [2.05, 4.69) is 15.3 Å². The van der Waals surface area contributed by atoms with E-state index >= 15 is 0 Å². The Morgan fingerprint density at radius 2 is 2.18 bits per heavy atom. The van der Waals surface area contributed by atoms with E-state index in [1.807, 2.05) is 6.92 Å². The summed E-state index contributed by atoms with van der Waals surface area (Å²) in [5.41, 5.74) is 0.961. The van der Waals surface area contributed by atoms with Crippen LogP contribution < -0.4 is 10.9 Å². The zero-order chi connectivity index (χ0) is 16.1. The molecule has 1 heterocycles. The summed E-state index contributed by atoms with van der Waals surface area (Å²) in [6.07, 6.45) is 0.596. The molecular weight excluding hydrogens is 322 g/mol. The number of halogens is 1. The van der Waals surface area contributed by atoms with Crippen LogP contribution in [0.2, 0.25) is 5.02 Å². The largest absolute Gasteiger partial charge is 0.324 e. The van der Waals surface area contributed by atoms with Gasteiger partial charge in [0.15, 0.2) is 5.16 Å². The lowest BCUT2D eigenvalue weighted by Crippen LogP contribution is -2.25. The molecule has 0 saturated heterocycles. The number of nitrogens with one attached hydrogen (secondary N) is 2. The topological polar surface area (TPSA) is 74.8 Å². The third-order valence-electron chi connectivity index (χ3n) is 2.90. The standard InChI is InChI=1S/C15H16ClN3O2S/c1-3-12(22-15-17-9(2)8-13(20)19-15)14(21)18-11-7-5-4-6-10(11)16/h4-8,12H,3H2,1-2H3,(H,18,21)(H,17,19,20). The van der Waals surface area contributed by atoms with Crippen molar-refractivity contribution in [3.8, 4) is 0 Å². The zero-order valence-corrected chi connectivity index (χ0v) is 13.8. The Balaban J connectivity index is 2.12. The van der Waals surface area contributed by atoms with E-state index < -0.39 is 0 Å². The highest BCUT2D eigenvalue weighted by molar-refractivity contribution is 8.00. The number of aryl methyl sites for hydroxylation is 1.